The van der Waals surface area contributed by atoms with E-state index in [1.165, 1.54) is 0 Å². The lowest BCUT2D eigenvalue weighted by Crippen LogP contribution is -2.59. The smallest absolute Gasteiger partial charge is 0.186 e. The molecule has 0 aliphatic carbocycles. The van der Waals surface area contributed by atoms with Crippen molar-refractivity contribution in [2.45, 2.75) is 55.1 Å². The monoisotopic (exact) mass is 352 g/mol. The molecule has 0 amide bonds. The minimum atomic E-state index is -1.63. The van der Waals surface area contributed by atoms with Gasteiger partial charge in [0.05, 0.1) is 13.2 Å². The summed E-state index contributed by atoms with van der Waals surface area (Å²) >= 11 is 0. The van der Waals surface area contributed by atoms with E-state index >= 15 is 0 Å². The largest absolute Gasteiger partial charge is 0.388 e. The van der Waals surface area contributed by atoms with Crippen LogP contribution >= 0.6 is 0 Å². The average Bonchev–Trinajstić information content (AvgIpc) is 2.56. The molecule has 2 fully saturated rings. The highest BCUT2D eigenvalue weighted by atomic mass is 16.7. The van der Waals surface area contributed by atoms with Gasteiger partial charge in [-0.2, -0.15) is 9.81 Å². The Balaban J connectivity index is 1.96. The molecule has 138 valence electrons. The summed E-state index contributed by atoms with van der Waals surface area (Å²) in [6, 6.07) is -1.38. The Kier molecular flexibility index (Phi) is 6.65. The summed E-state index contributed by atoms with van der Waals surface area (Å²) in [5, 5.41) is 53.7. The quantitative estimate of drug-likeness (QED) is 0.305. The third-order valence-electron chi connectivity index (χ3n) is 4.08. The molecule has 0 aromatic carbocycles. The van der Waals surface area contributed by atoms with E-state index in [0.29, 0.717) is 0 Å². The molecule has 0 aromatic rings. The van der Waals surface area contributed by atoms with Crippen molar-refractivity contribution >= 4 is 0 Å². The van der Waals surface area contributed by atoms with Crippen LogP contribution in [0.1, 0.15) is 0 Å². The summed E-state index contributed by atoms with van der Waals surface area (Å²) in [5.74, 6) is 0. The molecule has 24 heavy (non-hydrogen) atoms. The summed E-state index contributed by atoms with van der Waals surface area (Å²) in [6.45, 7) is -1.05. The van der Waals surface area contributed by atoms with E-state index in [2.05, 4.69) is 10.4 Å². The minimum absolute atomic E-state index is 0.224. The van der Waals surface area contributed by atoms with E-state index in [4.69, 9.17) is 14.2 Å². The molecule has 9 atom stereocenters. The molecule has 0 spiro atoms. The Morgan fingerprint density at radius 2 is 1.67 bits per heavy atom. The van der Waals surface area contributed by atoms with Crippen LogP contribution in [-0.2, 0) is 14.2 Å². The fourth-order valence-corrected chi connectivity index (χ4v) is 2.61. The van der Waals surface area contributed by atoms with Gasteiger partial charge in [-0.25, -0.2) is 0 Å². The van der Waals surface area contributed by atoms with Crippen LogP contribution in [0.3, 0.4) is 0 Å². The predicted molar refractivity (Wildman–Crippen MR) is 74.6 cm³/mol. The van der Waals surface area contributed by atoms with E-state index in [-0.39, 0.29) is 13.2 Å². The molecular formula is C12H20N2O10. The standard InChI is InChI=1S/C12H20N2O10/c15-4-2-22-6(9(17)8(4)16)3-23-12-11(19)10(18)7(14-21)5(24-12)1-13-20/h4-12,15-19H,1-3H2/t4-,5+,6+,7+,8+,9+,10-,11+,12+/m0/s1. The molecule has 2 rings (SSSR count). The number of nitroso groups, excluding NO2 is 2. The molecule has 0 unspecified atom stereocenters. The second-order valence-electron chi connectivity index (χ2n) is 5.69. The SMILES string of the molecule is O=NC[C@H]1O[C@@H](OC[C@H]2OC[C@H](O)[C@@H](O)[C@@H]2O)[C@H](O)[C@@H](O)[C@@H]1N=O. The number of hydrogen-bond acceptors (Lipinski definition) is 12. The van der Waals surface area contributed by atoms with Crippen LogP contribution < -0.4 is 0 Å². The van der Waals surface area contributed by atoms with Crippen molar-refractivity contribution in [2.75, 3.05) is 19.8 Å². The number of aliphatic hydroxyl groups is 5. The number of aliphatic hydroxyl groups excluding tert-OH is 5. The van der Waals surface area contributed by atoms with Crippen LogP contribution in [0.15, 0.2) is 10.4 Å². The van der Waals surface area contributed by atoms with Gasteiger partial charge in [0.15, 0.2) is 6.29 Å². The van der Waals surface area contributed by atoms with Crippen molar-refractivity contribution in [1.29, 1.82) is 0 Å². The third-order valence-corrected chi connectivity index (χ3v) is 4.08. The van der Waals surface area contributed by atoms with Gasteiger partial charge in [-0.05, 0) is 0 Å². The van der Waals surface area contributed by atoms with Gasteiger partial charge in [0, 0.05) is 0 Å². The van der Waals surface area contributed by atoms with Crippen molar-refractivity contribution in [3.05, 3.63) is 9.81 Å². The summed E-state index contributed by atoms with van der Waals surface area (Å²) in [4.78, 5) is 21.1. The van der Waals surface area contributed by atoms with E-state index in [1.54, 1.807) is 0 Å². The van der Waals surface area contributed by atoms with E-state index in [1.807, 2.05) is 0 Å². The van der Waals surface area contributed by atoms with E-state index in [9.17, 15) is 35.3 Å². The summed E-state index contributed by atoms with van der Waals surface area (Å²) in [6.07, 6.45) is -11.0. The van der Waals surface area contributed by atoms with Crippen LogP contribution in [0.2, 0.25) is 0 Å². The summed E-state index contributed by atoms with van der Waals surface area (Å²) in [7, 11) is 0. The Labute approximate surface area is 135 Å². The van der Waals surface area contributed by atoms with Crippen LogP contribution in [0.4, 0.5) is 0 Å². The molecular weight excluding hydrogens is 332 g/mol. The number of rotatable bonds is 6. The molecule has 5 N–H and O–H groups in total. The van der Waals surface area contributed by atoms with Crippen molar-refractivity contribution in [2.24, 2.45) is 10.4 Å². The number of nitrogens with zero attached hydrogens (tertiary/aromatic N) is 2. The first-order valence-corrected chi connectivity index (χ1v) is 7.31. The van der Waals surface area contributed by atoms with Gasteiger partial charge in [-0.15, -0.1) is 0 Å². The molecule has 2 heterocycles. The molecule has 2 aliphatic rings. The van der Waals surface area contributed by atoms with Gasteiger partial charge in [0.25, 0.3) is 0 Å². The normalized spacial score (nSPS) is 46.5. The first kappa shape index (κ1) is 19.2. The Morgan fingerprint density at radius 3 is 2.29 bits per heavy atom. The Hall–Kier alpha value is -1.12. The molecule has 0 saturated carbocycles. The Bertz CT molecular complexity index is 440. The van der Waals surface area contributed by atoms with E-state index < -0.39 is 61.6 Å². The van der Waals surface area contributed by atoms with Crippen molar-refractivity contribution in [3.8, 4) is 0 Å². The molecule has 0 radical (unpaired) electrons. The Morgan fingerprint density at radius 1 is 0.958 bits per heavy atom. The highest BCUT2D eigenvalue weighted by Gasteiger charge is 2.47. The third kappa shape index (κ3) is 3.92. The molecule has 12 heteroatoms. The molecule has 2 saturated heterocycles. The lowest BCUT2D eigenvalue weighted by Gasteiger charge is -2.40. The average molecular weight is 352 g/mol. The predicted octanol–water partition coefficient (Wildman–Crippen LogP) is -3.17. The maximum atomic E-state index is 10.7. The maximum absolute atomic E-state index is 10.7. The second kappa shape index (κ2) is 8.31. The zero-order valence-electron chi connectivity index (χ0n) is 12.5. The van der Waals surface area contributed by atoms with Gasteiger partial charge in [-0.1, -0.05) is 10.4 Å². The summed E-state index contributed by atoms with van der Waals surface area (Å²) < 4.78 is 15.6. The number of hydrogen-bond donors (Lipinski definition) is 5. The molecule has 0 bridgehead atoms. The fourth-order valence-electron chi connectivity index (χ4n) is 2.61. The van der Waals surface area contributed by atoms with Crippen molar-refractivity contribution in [3.63, 3.8) is 0 Å². The fraction of sp³-hybridized carbons (Fsp3) is 1.00. The second-order valence-corrected chi connectivity index (χ2v) is 5.69. The number of ether oxygens (including phenoxy) is 3. The van der Waals surface area contributed by atoms with Gasteiger partial charge in [-0.3, -0.25) is 0 Å². The van der Waals surface area contributed by atoms with Crippen molar-refractivity contribution in [1.82, 2.24) is 0 Å². The van der Waals surface area contributed by atoms with Gasteiger partial charge < -0.3 is 39.7 Å². The maximum Gasteiger partial charge on any atom is 0.186 e. The topological polar surface area (TPSA) is 188 Å². The highest BCUT2D eigenvalue weighted by Crippen LogP contribution is 2.25. The lowest BCUT2D eigenvalue weighted by atomic mass is 9.97. The highest BCUT2D eigenvalue weighted by molar-refractivity contribution is 4.95. The van der Waals surface area contributed by atoms with Gasteiger partial charge in [0.2, 0.25) is 0 Å². The first-order valence-electron chi connectivity index (χ1n) is 7.31. The van der Waals surface area contributed by atoms with Gasteiger partial charge >= 0.3 is 0 Å². The summed E-state index contributed by atoms with van der Waals surface area (Å²) in [5.41, 5.74) is 0. The molecule has 2 aliphatic heterocycles. The minimum Gasteiger partial charge on any atom is -0.388 e. The van der Waals surface area contributed by atoms with Crippen LogP contribution in [-0.4, -0.2) is 100 Å². The molecule has 12 nitrogen and oxygen atoms in total. The van der Waals surface area contributed by atoms with Gasteiger partial charge in [0.1, 0.15) is 55.3 Å². The van der Waals surface area contributed by atoms with Crippen molar-refractivity contribution < 1.29 is 39.7 Å². The molecule has 0 aromatic heterocycles. The van der Waals surface area contributed by atoms with Crippen LogP contribution in [0.5, 0.6) is 0 Å². The van der Waals surface area contributed by atoms with Crippen LogP contribution in [0.25, 0.3) is 0 Å². The lowest BCUT2D eigenvalue weighted by molar-refractivity contribution is -0.286. The van der Waals surface area contributed by atoms with E-state index in [0.717, 1.165) is 0 Å². The zero-order chi connectivity index (χ0) is 17.9. The zero-order valence-corrected chi connectivity index (χ0v) is 12.5. The van der Waals surface area contributed by atoms with Crippen LogP contribution in [0, 0.1) is 9.81 Å². The first-order chi connectivity index (χ1) is 11.4.